The minimum absolute atomic E-state index is 0.115. The summed E-state index contributed by atoms with van der Waals surface area (Å²) in [6.45, 7) is 5.93. The maximum absolute atomic E-state index is 12.3. The number of aromatic amines is 1. The number of aromatic nitrogens is 4. The van der Waals surface area contributed by atoms with E-state index in [-0.39, 0.29) is 12.5 Å². The number of imidazole rings is 1. The van der Waals surface area contributed by atoms with Gasteiger partial charge in [-0.3, -0.25) is 4.57 Å². The van der Waals surface area contributed by atoms with Gasteiger partial charge >= 0.3 is 7.60 Å². The van der Waals surface area contributed by atoms with Crippen LogP contribution in [-0.2, 0) is 24.8 Å². The fourth-order valence-electron chi connectivity index (χ4n) is 2.03. The second kappa shape index (κ2) is 7.83. The molecular formula is C13H22N5O4P. The summed E-state index contributed by atoms with van der Waals surface area (Å²) in [5.74, 6) is 0.848. The molecule has 0 aliphatic rings. The summed E-state index contributed by atoms with van der Waals surface area (Å²) in [4.78, 5) is 15.5. The Bertz CT molecular complexity index is 682. The number of rotatable bonds is 9. The molecule has 0 radical (unpaired) electrons. The lowest BCUT2D eigenvalue weighted by molar-refractivity contribution is 0.0766. The fourth-order valence-corrected chi connectivity index (χ4v) is 3.48. The Morgan fingerprint density at radius 2 is 2.00 bits per heavy atom. The van der Waals surface area contributed by atoms with Crippen LogP contribution in [0.5, 0.6) is 0 Å². The monoisotopic (exact) mass is 343 g/mol. The molecule has 1 atom stereocenters. The highest BCUT2D eigenvalue weighted by atomic mass is 31.2. The molecule has 0 aromatic carbocycles. The van der Waals surface area contributed by atoms with E-state index < -0.39 is 7.60 Å². The van der Waals surface area contributed by atoms with Crippen LogP contribution < -0.4 is 5.73 Å². The summed E-state index contributed by atoms with van der Waals surface area (Å²) >= 11 is 0. The molecule has 0 bridgehead atoms. The Morgan fingerprint density at radius 3 is 2.65 bits per heavy atom. The number of nitrogens with zero attached hydrogens (tertiary/aromatic N) is 3. The lowest BCUT2D eigenvalue weighted by Gasteiger charge is -2.19. The van der Waals surface area contributed by atoms with Crippen LogP contribution in [0.2, 0.25) is 0 Å². The van der Waals surface area contributed by atoms with Crippen LogP contribution >= 0.6 is 7.60 Å². The lowest BCUT2D eigenvalue weighted by atomic mass is 10.2. The van der Waals surface area contributed by atoms with Crippen molar-refractivity contribution in [1.29, 1.82) is 0 Å². The van der Waals surface area contributed by atoms with Gasteiger partial charge in [-0.25, -0.2) is 15.0 Å². The lowest BCUT2D eigenvalue weighted by Crippen LogP contribution is -2.16. The molecule has 0 unspecified atom stereocenters. The zero-order valence-electron chi connectivity index (χ0n) is 13.5. The maximum atomic E-state index is 12.3. The van der Waals surface area contributed by atoms with Gasteiger partial charge in [0.2, 0.25) is 0 Å². The van der Waals surface area contributed by atoms with Crippen molar-refractivity contribution in [1.82, 2.24) is 19.9 Å². The molecule has 0 spiro atoms. The van der Waals surface area contributed by atoms with E-state index in [9.17, 15) is 4.57 Å². The number of hydrogen-bond donors (Lipinski definition) is 2. The highest BCUT2D eigenvalue weighted by Gasteiger charge is 2.25. The van der Waals surface area contributed by atoms with Crippen LogP contribution in [0.25, 0.3) is 11.2 Å². The molecule has 0 saturated carbocycles. The van der Waals surface area contributed by atoms with Gasteiger partial charge in [-0.15, -0.1) is 0 Å². The van der Waals surface area contributed by atoms with E-state index in [1.165, 1.54) is 6.33 Å². The maximum Gasteiger partial charge on any atom is 0.356 e. The number of H-pyrrole nitrogens is 1. The van der Waals surface area contributed by atoms with Crippen molar-refractivity contribution >= 4 is 24.6 Å². The van der Waals surface area contributed by atoms with Crippen LogP contribution in [0, 0.1) is 0 Å². The van der Waals surface area contributed by atoms with Crippen LogP contribution in [0.1, 0.15) is 26.6 Å². The number of nitrogens with two attached hydrogens (primary N) is 1. The van der Waals surface area contributed by atoms with Crippen molar-refractivity contribution in [3.8, 4) is 0 Å². The fraction of sp³-hybridized carbons (Fsp3) is 0.615. The van der Waals surface area contributed by atoms with E-state index in [1.54, 1.807) is 13.8 Å². The molecule has 3 N–H and O–H groups in total. The van der Waals surface area contributed by atoms with Gasteiger partial charge in [0.1, 0.15) is 17.7 Å². The average Bonchev–Trinajstić information content (AvgIpc) is 2.95. The number of nitrogens with one attached hydrogen (secondary N) is 1. The quantitative estimate of drug-likeness (QED) is 0.663. The number of ether oxygens (including phenoxy) is 1. The first kappa shape index (κ1) is 17.8. The summed E-state index contributed by atoms with van der Waals surface area (Å²) in [7, 11) is -3.22. The van der Waals surface area contributed by atoms with E-state index in [4.69, 9.17) is 19.5 Å². The SMILES string of the molecule is CCOP(=O)(CO[C@H](C)Cc1nc(N)c2[nH]cnc2n1)OCC. The first-order valence-electron chi connectivity index (χ1n) is 7.42. The molecule has 0 fully saturated rings. The smallest absolute Gasteiger partial charge is 0.356 e. The number of nitrogen functional groups attached to an aromatic ring is 1. The zero-order valence-corrected chi connectivity index (χ0v) is 14.4. The minimum Gasteiger partial charge on any atom is -0.382 e. The molecule has 0 aliphatic carbocycles. The Kier molecular flexibility index (Phi) is 6.06. The normalized spacial score (nSPS) is 13.5. The van der Waals surface area contributed by atoms with Gasteiger partial charge in [0.25, 0.3) is 0 Å². The van der Waals surface area contributed by atoms with Crippen molar-refractivity contribution in [2.75, 3.05) is 25.3 Å². The summed E-state index contributed by atoms with van der Waals surface area (Å²) in [5.41, 5.74) is 6.97. The number of anilines is 1. The molecule has 10 heteroatoms. The third-order valence-corrected chi connectivity index (χ3v) is 4.77. The predicted octanol–water partition coefficient (Wildman–Crippen LogP) is 2.11. The van der Waals surface area contributed by atoms with Crippen LogP contribution in [-0.4, -0.2) is 45.6 Å². The number of fused-ring (bicyclic) bond motifs is 1. The summed E-state index contributed by atoms with van der Waals surface area (Å²) < 4.78 is 28.3. The van der Waals surface area contributed by atoms with Gasteiger partial charge in [-0.2, -0.15) is 0 Å². The van der Waals surface area contributed by atoms with Gasteiger partial charge in [0, 0.05) is 6.42 Å². The van der Waals surface area contributed by atoms with Gasteiger partial charge < -0.3 is 24.5 Å². The molecule has 2 rings (SSSR count). The van der Waals surface area contributed by atoms with E-state index in [0.29, 0.717) is 42.4 Å². The Hall–Kier alpha value is -1.54. The van der Waals surface area contributed by atoms with Gasteiger partial charge in [-0.05, 0) is 20.8 Å². The van der Waals surface area contributed by atoms with Crippen molar-refractivity contribution < 1.29 is 18.3 Å². The van der Waals surface area contributed by atoms with E-state index in [0.717, 1.165) is 0 Å². The first-order valence-corrected chi connectivity index (χ1v) is 9.15. The molecule has 0 amide bonds. The highest BCUT2D eigenvalue weighted by Crippen LogP contribution is 2.48. The molecular weight excluding hydrogens is 321 g/mol. The van der Waals surface area contributed by atoms with Crippen molar-refractivity contribution in [3.05, 3.63) is 12.2 Å². The highest BCUT2D eigenvalue weighted by molar-refractivity contribution is 7.53. The van der Waals surface area contributed by atoms with Gasteiger partial charge in [0.05, 0.1) is 25.6 Å². The zero-order chi connectivity index (χ0) is 16.9. The minimum atomic E-state index is -3.22. The molecule has 2 aromatic heterocycles. The van der Waals surface area contributed by atoms with E-state index >= 15 is 0 Å². The van der Waals surface area contributed by atoms with Crippen LogP contribution in [0.4, 0.5) is 5.82 Å². The molecule has 0 saturated heterocycles. The molecule has 0 aliphatic heterocycles. The summed E-state index contributed by atoms with van der Waals surface area (Å²) in [6, 6.07) is 0. The van der Waals surface area contributed by atoms with Crippen molar-refractivity contribution in [3.63, 3.8) is 0 Å². The largest absolute Gasteiger partial charge is 0.382 e. The third-order valence-electron chi connectivity index (χ3n) is 3.00. The molecule has 128 valence electrons. The van der Waals surface area contributed by atoms with Crippen LogP contribution in [0.15, 0.2) is 6.33 Å². The van der Waals surface area contributed by atoms with Gasteiger partial charge in [0.15, 0.2) is 11.5 Å². The van der Waals surface area contributed by atoms with Crippen LogP contribution in [0.3, 0.4) is 0 Å². The Balaban J connectivity index is 1.97. The second-order valence-corrected chi connectivity index (χ2v) is 6.88. The topological polar surface area (TPSA) is 125 Å². The van der Waals surface area contributed by atoms with E-state index in [1.807, 2.05) is 6.92 Å². The first-order chi connectivity index (χ1) is 11.0. The third kappa shape index (κ3) is 4.71. The summed E-state index contributed by atoms with van der Waals surface area (Å²) in [5, 5.41) is 0. The second-order valence-electron chi connectivity index (χ2n) is 4.88. The number of hydrogen-bond acceptors (Lipinski definition) is 8. The Morgan fingerprint density at radius 1 is 1.30 bits per heavy atom. The average molecular weight is 343 g/mol. The predicted molar refractivity (Wildman–Crippen MR) is 86.1 cm³/mol. The summed E-state index contributed by atoms with van der Waals surface area (Å²) in [6.07, 6.45) is 1.53. The van der Waals surface area contributed by atoms with Crippen molar-refractivity contribution in [2.24, 2.45) is 0 Å². The molecule has 2 heterocycles. The van der Waals surface area contributed by atoms with Gasteiger partial charge in [-0.1, -0.05) is 0 Å². The molecule has 23 heavy (non-hydrogen) atoms. The van der Waals surface area contributed by atoms with Crippen molar-refractivity contribution in [2.45, 2.75) is 33.3 Å². The standard InChI is InChI=1S/C13H22N5O4P/c1-4-21-23(19,22-5-2)8-20-9(3)6-10-17-12(14)11-13(18-10)16-7-15-11/h7,9H,4-6,8H2,1-3H3,(H3,14,15,16,17,18)/t9-/m1/s1. The Labute approximate surface area is 134 Å². The molecule has 2 aromatic rings. The molecule has 9 nitrogen and oxygen atoms in total. The van der Waals surface area contributed by atoms with E-state index in [2.05, 4.69) is 19.9 Å².